The number of thioether (sulfide) groups is 1. The van der Waals surface area contributed by atoms with Crippen molar-refractivity contribution >= 4 is 17.5 Å². The second-order valence-corrected chi connectivity index (χ2v) is 5.44. The highest BCUT2D eigenvalue weighted by Gasteiger charge is 2.16. The van der Waals surface area contributed by atoms with E-state index in [9.17, 15) is 9.59 Å². The van der Waals surface area contributed by atoms with Crippen molar-refractivity contribution in [1.82, 2.24) is 9.97 Å². The van der Waals surface area contributed by atoms with E-state index < -0.39 is 0 Å². The van der Waals surface area contributed by atoms with Gasteiger partial charge in [-0.15, -0.1) is 0 Å². The van der Waals surface area contributed by atoms with Crippen LogP contribution in [0.25, 0.3) is 0 Å². The Morgan fingerprint density at radius 3 is 2.95 bits per heavy atom. The second kappa shape index (κ2) is 5.61. The van der Waals surface area contributed by atoms with Gasteiger partial charge >= 0.3 is 0 Å². The molecule has 3 rings (SSSR count). The molecule has 0 radical (unpaired) electrons. The maximum Gasteiger partial charge on any atom is 0.251 e. The maximum absolute atomic E-state index is 12.2. The van der Waals surface area contributed by atoms with Crippen LogP contribution in [0.2, 0.25) is 0 Å². The third-order valence-corrected chi connectivity index (χ3v) is 3.76. The number of rotatable bonds is 4. The summed E-state index contributed by atoms with van der Waals surface area (Å²) in [6.07, 6.45) is 0. The minimum atomic E-state index is -0.222. The average Bonchev–Trinajstić information content (AvgIpc) is 2.91. The third-order valence-electron chi connectivity index (χ3n) is 2.88. The van der Waals surface area contributed by atoms with Gasteiger partial charge in [0.1, 0.15) is 0 Å². The molecule has 1 aliphatic rings. The minimum absolute atomic E-state index is 0.0672. The molecular formula is C14H12N2O4S. The van der Waals surface area contributed by atoms with Gasteiger partial charge < -0.3 is 14.5 Å². The van der Waals surface area contributed by atoms with E-state index in [0.29, 0.717) is 27.9 Å². The Morgan fingerprint density at radius 2 is 2.14 bits per heavy atom. The molecule has 0 aliphatic carbocycles. The highest BCUT2D eigenvalue weighted by molar-refractivity contribution is 7.99. The van der Waals surface area contributed by atoms with Crippen molar-refractivity contribution in [2.45, 2.75) is 12.1 Å². The van der Waals surface area contributed by atoms with Crippen LogP contribution in [0.15, 0.2) is 34.2 Å². The van der Waals surface area contributed by atoms with Crippen LogP contribution < -0.4 is 15.0 Å². The molecule has 1 N–H and O–H groups in total. The predicted molar refractivity (Wildman–Crippen MR) is 77.2 cm³/mol. The molecule has 0 spiro atoms. The van der Waals surface area contributed by atoms with Crippen molar-refractivity contribution in [2.75, 3.05) is 12.5 Å². The number of aryl methyl sites for hydroxylation is 1. The van der Waals surface area contributed by atoms with Gasteiger partial charge in [0.15, 0.2) is 22.4 Å². The number of hydrogen-bond acceptors (Lipinski definition) is 6. The van der Waals surface area contributed by atoms with Crippen LogP contribution in [0, 0.1) is 6.92 Å². The van der Waals surface area contributed by atoms with Gasteiger partial charge in [-0.3, -0.25) is 9.59 Å². The first-order valence-electron chi connectivity index (χ1n) is 6.25. The Hall–Kier alpha value is -2.28. The number of nitrogens with zero attached hydrogens (tertiary/aromatic N) is 1. The number of aromatic amines is 1. The summed E-state index contributed by atoms with van der Waals surface area (Å²) in [6, 6.07) is 6.48. The quantitative estimate of drug-likeness (QED) is 0.527. The summed E-state index contributed by atoms with van der Waals surface area (Å²) in [4.78, 5) is 30.2. The van der Waals surface area contributed by atoms with E-state index in [2.05, 4.69) is 9.97 Å². The SMILES string of the molecule is Cc1cc(=O)[nH]c(SCC(=O)c2ccc3c(c2)OCO3)n1. The van der Waals surface area contributed by atoms with E-state index in [0.717, 1.165) is 0 Å². The van der Waals surface area contributed by atoms with E-state index in [4.69, 9.17) is 9.47 Å². The zero-order chi connectivity index (χ0) is 14.8. The monoisotopic (exact) mass is 304 g/mol. The highest BCUT2D eigenvalue weighted by atomic mass is 32.2. The van der Waals surface area contributed by atoms with Crippen molar-refractivity contribution < 1.29 is 14.3 Å². The lowest BCUT2D eigenvalue weighted by molar-refractivity contribution is 0.102. The molecular weight excluding hydrogens is 292 g/mol. The van der Waals surface area contributed by atoms with Crippen LogP contribution in [0.3, 0.4) is 0 Å². The van der Waals surface area contributed by atoms with Crippen molar-refractivity contribution in [2.24, 2.45) is 0 Å². The summed E-state index contributed by atoms with van der Waals surface area (Å²) < 4.78 is 10.4. The zero-order valence-electron chi connectivity index (χ0n) is 11.2. The number of ketones is 1. The largest absolute Gasteiger partial charge is 0.454 e. The molecule has 0 amide bonds. The van der Waals surface area contributed by atoms with Gasteiger partial charge in [0.2, 0.25) is 6.79 Å². The van der Waals surface area contributed by atoms with Gasteiger partial charge in [-0.2, -0.15) is 0 Å². The topological polar surface area (TPSA) is 81.3 Å². The number of fused-ring (bicyclic) bond motifs is 1. The number of carbonyl (C=O) groups excluding carboxylic acids is 1. The first-order valence-corrected chi connectivity index (χ1v) is 7.24. The van der Waals surface area contributed by atoms with Crippen molar-refractivity contribution in [3.63, 3.8) is 0 Å². The normalized spacial score (nSPS) is 12.4. The van der Waals surface area contributed by atoms with E-state index >= 15 is 0 Å². The predicted octanol–water partition coefficient (Wildman–Crippen LogP) is 1.78. The van der Waals surface area contributed by atoms with E-state index in [1.807, 2.05) is 0 Å². The number of benzene rings is 1. The average molecular weight is 304 g/mol. The first kappa shape index (κ1) is 13.7. The van der Waals surface area contributed by atoms with Crippen molar-refractivity contribution in [1.29, 1.82) is 0 Å². The maximum atomic E-state index is 12.2. The zero-order valence-corrected chi connectivity index (χ0v) is 12.0. The van der Waals surface area contributed by atoms with Gasteiger partial charge in [-0.05, 0) is 25.1 Å². The Balaban J connectivity index is 1.70. The smallest absolute Gasteiger partial charge is 0.251 e. The van der Waals surface area contributed by atoms with Crippen LogP contribution >= 0.6 is 11.8 Å². The fraction of sp³-hybridized carbons (Fsp3) is 0.214. The van der Waals surface area contributed by atoms with Crippen molar-refractivity contribution in [3.05, 3.63) is 45.9 Å². The van der Waals surface area contributed by atoms with Crippen molar-refractivity contribution in [3.8, 4) is 11.5 Å². The molecule has 0 bridgehead atoms. The third kappa shape index (κ3) is 3.08. The Bertz CT molecular complexity index is 757. The summed E-state index contributed by atoms with van der Waals surface area (Å²) in [7, 11) is 0. The number of ether oxygens (including phenoxy) is 2. The Labute approximate surface area is 124 Å². The summed E-state index contributed by atoms with van der Waals surface area (Å²) >= 11 is 1.20. The molecule has 21 heavy (non-hydrogen) atoms. The van der Waals surface area contributed by atoms with Gasteiger partial charge in [-0.1, -0.05) is 11.8 Å². The molecule has 0 saturated heterocycles. The van der Waals surface area contributed by atoms with Crippen LogP contribution in [0.1, 0.15) is 16.1 Å². The summed E-state index contributed by atoms with van der Waals surface area (Å²) in [5, 5.41) is 0.439. The number of aromatic nitrogens is 2. The number of hydrogen-bond donors (Lipinski definition) is 1. The van der Waals surface area contributed by atoms with Crippen LogP contribution in [0.4, 0.5) is 0 Å². The molecule has 108 valence electrons. The number of H-pyrrole nitrogens is 1. The summed E-state index contributed by atoms with van der Waals surface area (Å²) in [6.45, 7) is 1.91. The van der Waals surface area contributed by atoms with Gasteiger partial charge in [0.05, 0.1) is 5.75 Å². The van der Waals surface area contributed by atoms with Crippen LogP contribution in [-0.4, -0.2) is 28.3 Å². The second-order valence-electron chi connectivity index (χ2n) is 4.47. The molecule has 1 aromatic heterocycles. The summed E-state index contributed by atoms with van der Waals surface area (Å²) in [5.41, 5.74) is 0.944. The molecule has 6 nitrogen and oxygen atoms in total. The fourth-order valence-corrected chi connectivity index (χ4v) is 2.72. The molecule has 0 unspecified atom stereocenters. The molecule has 2 heterocycles. The molecule has 1 aliphatic heterocycles. The van der Waals surface area contributed by atoms with Gasteiger partial charge in [-0.25, -0.2) is 4.98 Å². The summed E-state index contributed by atoms with van der Waals surface area (Å²) in [5.74, 6) is 1.34. The van der Waals surface area contributed by atoms with E-state index in [1.54, 1.807) is 25.1 Å². The lowest BCUT2D eigenvalue weighted by atomic mass is 10.1. The number of Topliss-reactive ketones (excluding diaryl/α,β-unsaturated/α-hetero) is 1. The molecule has 0 saturated carbocycles. The van der Waals surface area contributed by atoms with Crippen LogP contribution in [-0.2, 0) is 0 Å². The Morgan fingerprint density at radius 1 is 1.33 bits per heavy atom. The first-order chi connectivity index (χ1) is 10.1. The highest BCUT2D eigenvalue weighted by Crippen LogP contribution is 2.32. The van der Waals surface area contributed by atoms with E-state index in [1.165, 1.54) is 17.8 Å². The standard InChI is InChI=1S/C14H12N2O4S/c1-8-4-13(18)16-14(15-8)21-6-10(17)9-2-3-11-12(5-9)20-7-19-11/h2-5H,6-7H2,1H3,(H,15,16,18). The molecule has 1 aromatic carbocycles. The lowest BCUT2D eigenvalue weighted by Gasteiger charge is -2.03. The van der Waals surface area contributed by atoms with Gasteiger partial charge in [0.25, 0.3) is 5.56 Å². The number of carbonyl (C=O) groups is 1. The number of nitrogens with one attached hydrogen (secondary N) is 1. The lowest BCUT2D eigenvalue weighted by Crippen LogP contribution is -2.10. The Kier molecular flexibility index (Phi) is 3.66. The fourth-order valence-electron chi connectivity index (χ4n) is 1.91. The van der Waals surface area contributed by atoms with Crippen LogP contribution in [0.5, 0.6) is 11.5 Å². The minimum Gasteiger partial charge on any atom is -0.454 e. The molecule has 7 heteroatoms. The van der Waals surface area contributed by atoms with E-state index in [-0.39, 0.29) is 23.9 Å². The molecule has 0 fully saturated rings. The molecule has 2 aromatic rings. The molecule has 0 atom stereocenters. The van der Waals surface area contributed by atoms with Gasteiger partial charge in [0, 0.05) is 17.3 Å².